The lowest BCUT2D eigenvalue weighted by Gasteiger charge is -2.21. The maximum absolute atomic E-state index is 12.2. The van der Waals surface area contributed by atoms with Crippen molar-refractivity contribution in [1.29, 1.82) is 0 Å². The molecule has 0 saturated carbocycles. The van der Waals surface area contributed by atoms with Gasteiger partial charge in [-0.3, -0.25) is 4.79 Å². The minimum Gasteiger partial charge on any atom is -0.380 e. The van der Waals surface area contributed by atoms with Gasteiger partial charge in [-0.05, 0) is 18.9 Å². The third kappa shape index (κ3) is 5.33. The average molecular weight is 294 g/mol. The molecule has 0 saturated heterocycles. The predicted molar refractivity (Wildman–Crippen MR) is 82.8 cm³/mol. The standard InChI is InChI=1S/C15H22N2O2S/c1-4-19-9-14(11(2)3)17-15(18)12-8-13(20-10-12)6-5-7-16/h8,10-11,14H,4,7,9,16H2,1-3H3,(H,17,18). The van der Waals surface area contributed by atoms with Crippen molar-refractivity contribution in [3.63, 3.8) is 0 Å². The van der Waals surface area contributed by atoms with E-state index in [0.29, 0.717) is 31.2 Å². The summed E-state index contributed by atoms with van der Waals surface area (Å²) in [5, 5.41) is 4.82. The molecule has 1 aromatic rings. The summed E-state index contributed by atoms with van der Waals surface area (Å²) in [5.74, 6) is 5.95. The number of rotatable bonds is 6. The second kappa shape index (κ2) is 8.75. The Hall–Kier alpha value is -1.35. The highest BCUT2D eigenvalue weighted by Gasteiger charge is 2.18. The summed E-state index contributed by atoms with van der Waals surface area (Å²) in [6, 6.07) is 1.81. The fourth-order valence-corrected chi connectivity index (χ4v) is 2.31. The van der Waals surface area contributed by atoms with Gasteiger partial charge in [0.15, 0.2) is 0 Å². The largest absolute Gasteiger partial charge is 0.380 e. The van der Waals surface area contributed by atoms with E-state index in [4.69, 9.17) is 10.5 Å². The number of ether oxygens (including phenoxy) is 1. The van der Waals surface area contributed by atoms with Gasteiger partial charge in [-0.2, -0.15) is 0 Å². The number of amides is 1. The molecule has 0 aliphatic rings. The Bertz CT molecular complexity index is 486. The molecular formula is C15H22N2O2S. The van der Waals surface area contributed by atoms with Crippen LogP contribution in [0.25, 0.3) is 0 Å². The number of carbonyl (C=O) groups excluding carboxylic acids is 1. The Morgan fingerprint density at radius 1 is 1.55 bits per heavy atom. The molecule has 0 fully saturated rings. The first-order valence-corrected chi connectivity index (χ1v) is 7.62. The van der Waals surface area contributed by atoms with Gasteiger partial charge < -0.3 is 15.8 Å². The number of nitrogens with two attached hydrogens (primary N) is 1. The Balaban J connectivity index is 2.66. The lowest BCUT2D eigenvalue weighted by molar-refractivity contribution is 0.0806. The third-order valence-corrected chi connectivity index (χ3v) is 3.64. The summed E-state index contributed by atoms with van der Waals surface area (Å²) in [7, 11) is 0. The zero-order chi connectivity index (χ0) is 15.0. The second-order valence-electron chi connectivity index (χ2n) is 4.69. The molecule has 0 aliphatic heterocycles. The molecule has 0 radical (unpaired) electrons. The van der Waals surface area contributed by atoms with E-state index in [0.717, 1.165) is 4.88 Å². The molecule has 20 heavy (non-hydrogen) atoms. The molecule has 4 nitrogen and oxygen atoms in total. The summed E-state index contributed by atoms with van der Waals surface area (Å²) >= 11 is 1.45. The first-order valence-electron chi connectivity index (χ1n) is 6.74. The van der Waals surface area contributed by atoms with E-state index in [-0.39, 0.29) is 11.9 Å². The molecule has 5 heteroatoms. The Kier molecular flexibility index (Phi) is 7.31. The van der Waals surface area contributed by atoms with Gasteiger partial charge in [0.25, 0.3) is 5.91 Å². The first-order chi connectivity index (χ1) is 9.58. The molecule has 0 bridgehead atoms. The van der Waals surface area contributed by atoms with Crippen molar-refractivity contribution in [3.05, 3.63) is 21.9 Å². The van der Waals surface area contributed by atoms with E-state index in [2.05, 4.69) is 31.0 Å². The van der Waals surface area contributed by atoms with Crippen LogP contribution in [-0.4, -0.2) is 31.7 Å². The summed E-state index contributed by atoms with van der Waals surface area (Å²) in [6.07, 6.45) is 0. The van der Waals surface area contributed by atoms with Crippen molar-refractivity contribution in [2.24, 2.45) is 11.7 Å². The lowest BCUT2D eigenvalue weighted by atomic mass is 10.1. The van der Waals surface area contributed by atoms with E-state index < -0.39 is 0 Å². The minimum absolute atomic E-state index is 0.0147. The van der Waals surface area contributed by atoms with Crippen LogP contribution in [0.3, 0.4) is 0 Å². The van der Waals surface area contributed by atoms with E-state index in [9.17, 15) is 4.79 Å². The quantitative estimate of drug-likeness (QED) is 0.787. The maximum atomic E-state index is 12.2. The molecular weight excluding hydrogens is 272 g/mol. The molecule has 1 unspecified atom stereocenters. The van der Waals surface area contributed by atoms with Gasteiger partial charge >= 0.3 is 0 Å². The van der Waals surface area contributed by atoms with Crippen LogP contribution in [0.1, 0.15) is 36.0 Å². The number of nitrogens with one attached hydrogen (secondary N) is 1. The molecule has 3 N–H and O–H groups in total. The van der Waals surface area contributed by atoms with Crippen LogP contribution in [-0.2, 0) is 4.74 Å². The van der Waals surface area contributed by atoms with Gasteiger partial charge in [0.2, 0.25) is 0 Å². The Morgan fingerprint density at radius 2 is 2.30 bits per heavy atom. The van der Waals surface area contributed by atoms with Gasteiger partial charge in [-0.25, -0.2) is 0 Å². The smallest absolute Gasteiger partial charge is 0.252 e. The zero-order valence-corrected chi connectivity index (χ0v) is 13.0. The number of thiophene rings is 1. The van der Waals surface area contributed by atoms with Gasteiger partial charge in [-0.15, -0.1) is 11.3 Å². The topological polar surface area (TPSA) is 64.3 Å². The number of hydrogen-bond donors (Lipinski definition) is 2. The molecule has 1 aromatic heterocycles. The van der Waals surface area contributed by atoms with Crippen LogP contribution in [0, 0.1) is 17.8 Å². The predicted octanol–water partition coefficient (Wildman–Crippen LogP) is 1.85. The maximum Gasteiger partial charge on any atom is 0.252 e. The van der Waals surface area contributed by atoms with E-state index in [1.807, 2.05) is 12.3 Å². The molecule has 1 atom stereocenters. The van der Waals surface area contributed by atoms with Crippen molar-refractivity contribution in [1.82, 2.24) is 5.32 Å². The molecule has 0 aromatic carbocycles. The van der Waals surface area contributed by atoms with Crippen molar-refractivity contribution < 1.29 is 9.53 Å². The van der Waals surface area contributed by atoms with Crippen molar-refractivity contribution in [2.45, 2.75) is 26.8 Å². The summed E-state index contributed by atoms with van der Waals surface area (Å²) in [6.45, 7) is 7.58. The molecule has 1 heterocycles. The van der Waals surface area contributed by atoms with Gasteiger partial charge in [0.05, 0.1) is 29.6 Å². The fraction of sp³-hybridized carbons (Fsp3) is 0.533. The van der Waals surface area contributed by atoms with E-state index in [1.165, 1.54) is 11.3 Å². The molecule has 0 spiro atoms. The SMILES string of the molecule is CCOCC(NC(=O)c1csc(C#CCN)c1)C(C)C. The Labute approximate surface area is 124 Å². The molecule has 1 rings (SSSR count). The highest BCUT2D eigenvalue weighted by Crippen LogP contribution is 2.14. The van der Waals surface area contributed by atoms with Gasteiger partial charge in [0.1, 0.15) is 0 Å². The van der Waals surface area contributed by atoms with Crippen LogP contribution < -0.4 is 11.1 Å². The number of carbonyl (C=O) groups is 1. The third-order valence-electron chi connectivity index (χ3n) is 2.80. The van der Waals surface area contributed by atoms with E-state index in [1.54, 1.807) is 6.07 Å². The van der Waals surface area contributed by atoms with E-state index >= 15 is 0 Å². The normalized spacial score (nSPS) is 11.8. The summed E-state index contributed by atoms with van der Waals surface area (Å²) in [4.78, 5) is 13.0. The van der Waals surface area contributed by atoms with Crippen LogP contribution in [0.2, 0.25) is 0 Å². The minimum atomic E-state index is -0.0829. The average Bonchev–Trinajstić information content (AvgIpc) is 2.89. The van der Waals surface area contributed by atoms with Gasteiger partial charge in [0, 0.05) is 12.0 Å². The Morgan fingerprint density at radius 3 is 2.90 bits per heavy atom. The summed E-state index contributed by atoms with van der Waals surface area (Å²) in [5.41, 5.74) is 5.96. The zero-order valence-electron chi connectivity index (χ0n) is 12.2. The van der Waals surface area contributed by atoms with Crippen LogP contribution in [0.4, 0.5) is 0 Å². The monoisotopic (exact) mass is 294 g/mol. The van der Waals surface area contributed by atoms with Crippen LogP contribution >= 0.6 is 11.3 Å². The van der Waals surface area contributed by atoms with Crippen molar-refractivity contribution in [2.75, 3.05) is 19.8 Å². The van der Waals surface area contributed by atoms with Crippen LogP contribution in [0.15, 0.2) is 11.4 Å². The molecule has 110 valence electrons. The van der Waals surface area contributed by atoms with Gasteiger partial charge in [-0.1, -0.05) is 25.7 Å². The molecule has 0 aliphatic carbocycles. The van der Waals surface area contributed by atoms with Crippen molar-refractivity contribution in [3.8, 4) is 11.8 Å². The van der Waals surface area contributed by atoms with Crippen molar-refractivity contribution >= 4 is 17.2 Å². The first kappa shape index (κ1) is 16.7. The number of hydrogen-bond acceptors (Lipinski definition) is 4. The fourth-order valence-electron chi connectivity index (χ4n) is 1.56. The highest BCUT2D eigenvalue weighted by molar-refractivity contribution is 7.10. The second-order valence-corrected chi connectivity index (χ2v) is 5.60. The molecule has 1 amide bonds. The van der Waals surface area contributed by atoms with Crippen LogP contribution in [0.5, 0.6) is 0 Å². The lowest BCUT2D eigenvalue weighted by Crippen LogP contribution is -2.41. The summed E-state index contributed by atoms with van der Waals surface area (Å²) < 4.78 is 5.40. The highest BCUT2D eigenvalue weighted by atomic mass is 32.1.